The van der Waals surface area contributed by atoms with Gasteiger partial charge in [0.2, 0.25) is 0 Å². The van der Waals surface area contributed by atoms with Crippen molar-refractivity contribution in [2.45, 2.75) is 25.7 Å². The number of thioether (sulfide) groups is 1. The second-order valence-electron chi connectivity index (χ2n) is 4.52. The molecule has 0 aromatic rings. The van der Waals surface area contributed by atoms with E-state index in [0.29, 0.717) is 0 Å². The monoisotopic (exact) mass is 241 g/mol. The van der Waals surface area contributed by atoms with Gasteiger partial charge in [0.25, 0.3) is 0 Å². The second-order valence-corrected chi connectivity index (χ2v) is 5.74. The molecule has 0 saturated carbocycles. The summed E-state index contributed by atoms with van der Waals surface area (Å²) in [5, 5.41) is 3.51. The van der Waals surface area contributed by atoms with Gasteiger partial charge in [0.05, 0.1) is 5.84 Å². The normalized spacial score (nSPS) is 23.6. The lowest BCUT2D eigenvalue weighted by atomic mass is 10.2. The molecule has 0 spiro atoms. The fraction of sp³-hybridized carbons (Fsp3) is 0.917. The molecule has 0 aliphatic carbocycles. The quantitative estimate of drug-likeness (QED) is 0.813. The van der Waals surface area contributed by atoms with Gasteiger partial charge in [0.1, 0.15) is 0 Å². The molecule has 0 unspecified atom stereocenters. The topological polar surface area (TPSA) is 27.6 Å². The average molecular weight is 241 g/mol. The van der Waals surface area contributed by atoms with Crippen molar-refractivity contribution in [1.29, 1.82) is 0 Å². The van der Waals surface area contributed by atoms with Gasteiger partial charge in [0.15, 0.2) is 0 Å². The summed E-state index contributed by atoms with van der Waals surface area (Å²) in [7, 11) is 0. The maximum absolute atomic E-state index is 4.59. The van der Waals surface area contributed by atoms with E-state index in [4.69, 9.17) is 0 Å². The summed E-state index contributed by atoms with van der Waals surface area (Å²) in [6.45, 7) is 5.81. The highest BCUT2D eigenvalue weighted by Crippen LogP contribution is 2.08. The Morgan fingerprint density at radius 2 is 2.06 bits per heavy atom. The molecule has 0 bridgehead atoms. The molecule has 4 heteroatoms. The average Bonchev–Trinajstić information content (AvgIpc) is 2.59. The Morgan fingerprint density at radius 1 is 1.19 bits per heavy atom. The summed E-state index contributed by atoms with van der Waals surface area (Å²) in [5.41, 5.74) is 0. The molecule has 2 aliphatic rings. The summed E-state index contributed by atoms with van der Waals surface area (Å²) >= 11 is 2.08. The Labute approximate surface area is 103 Å². The number of nitrogens with zero attached hydrogens (tertiary/aromatic N) is 2. The van der Waals surface area contributed by atoms with Crippen molar-refractivity contribution < 1.29 is 0 Å². The van der Waals surface area contributed by atoms with E-state index in [9.17, 15) is 0 Å². The third-order valence-corrected chi connectivity index (χ3v) is 4.18. The molecule has 0 amide bonds. The van der Waals surface area contributed by atoms with E-state index in [1.165, 1.54) is 56.2 Å². The minimum absolute atomic E-state index is 1.03. The van der Waals surface area contributed by atoms with Crippen molar-refractivity contribution in [3.63, 3.8) is 0 Å². The summed E-state index contributed by atoms with van der Waals surface area (Å²) in [5.74, 6) is 3.87. The van der Waals surface area contributed by atoms with E-state index in [1.807, 2.05) is 0 Å². The standard InChI is InChI=1S/C12H23N3S/c1-2-4-12(13-5-3-1)14-6-7-15-8-10-16-11-9-15/h1-11H2,(H,13,14). The molecule has 1 fully saturated rings. The summed E-state index contributed by atoms with van der Waals surface area (Å²) in [6.07, 6.45) is 5.09. The Hall–Kier alpha value is -0.220. The predicted octanol–water partition coefficient (Wildman–Crippen LogP) is 1.60. The van der Waals surface area contributed by atoms with Crippen LogP contribution in [0.2, 0.25) is 0 Å². The van der Waals surface area contributed by atoms with Gasteiger partial charge in [0, 0.05) is 50.7 Å². The van der Waals surface area contributed by atoms with Crippen LogP contribution in [0, 0.1) is 0 Å². The highest BCUT2D eigenvalue weighted by molar-refractivity contribution is 7.99. The molecule has 1 N–H and O–H groups in total. The largest absolute Gasteiger partial charge is 0.373 e. The fourth-order valence-electron chi connectivity index (χ4n) is 2.20. The summed E-state index contributed by atoms with van der Waals surface area (Å²) in [6, 6.07) is 0. The first-order valence-electron chi connectivity index (χ1n) is 6.52. The maximum atomic E-state index is 4.59. The van der Waals surface area contributed by atoms with Crippen LogP contribution in [-0.2, 0) is 0 Å². The van der Waals surface area contributed by atoms with Crippen LogP contribution in [0.1, 0.15) is 25.7 Å². The zero-order valence-electron chi connectivity index (χ0n) is 10.1. The molecule has 1 saturated heterocycles. The van der Waals surface area contributed by atoms with E-state index in [0.717, 1.165) is 19.5 Å². The van der Waals surface area contributed by atoms with Gasteiger partial charge in [-0.25, -0.2) is 0 Å². The smallest absolute Gasteiger partial charge is 0.0963 e. The molecule has 0 radical (unpaired) electrons. The van der Waals surface area contributed by atoms with Crippen molar-refractivity contribution in [2.24, 2.45) is 4.99 Å². The van der Waals surface area contributed by atoms with Crippen molar-refractivity contribution in [2.75, 3.05) is 44.2 Å². The van der Waals surface area contributed by atoms with Crippen molar-refractivity contribution >= 4 is 17.6 Å². The van der Waals surface area contributed by atoms with E-state index in [1.54, 1.807) is 0 Å². The van der Waals surface area contributed by atoms with E-state index < -0.39 is 0 Å². The first-order chi connectivity index (χ1) is 7.95. The third kappa shape index (κ3) is 4.34. The number of amidine groups is 1. The highest BCUT2D eigenvalue weighted by Gasteiger charge is 2.10. The zero-order chi connectivity index (χ0) is 11.1. The van der Waals surface area contributed by atoms with Gasteiger partial charge < -0.3 is 5.32 Å². The van der Waals surface area contributed by atoms with E-state index >= 15 is 0 Å². The number of aliphatic imine (C=N–C) groups is 1. The zero-order valence-corrected chi connectivity index (χ0v) is 10.9. The summed E-state index contributed by atoms with van der Waals surface area (Å²) < 4.78 is 0. The van der Waals surface area contributed by atoms with Gasteiger partial charge >= 0.3 is 0 Å². The van der Waals surface area contributed by atoms with Gasteiger partial charge in [-0.3, -0.25) is 9.89 Å². The first kappa shape index (κ1) is 12.2. The van der Waals surface area contributed by atoms with Crippen LogP contribution in [0.3, 0.4) is 0 Å². The molecule has 0 aromatic heterocycles. The molecule has 2 rings (SSSR count). The molecule has 0 atom stereocenters. The van der Waals surface area contributed by atoms with Crippen LogP contribution >= 0.6 is 11.8 Å². The number of hydrogen-bond donors (Lipinski definition) is 1. The lowest BCUT2D eigenvalue weighted by molar-refractivity contribution is 0.307. The van der Waals surface area contributed by atoms with Crippen LogP contribution < -0.4 is 5.32 Å². The van der Waals surface area contributed by atoms with Crippen LogP contribution in [0.5, 0.6) is 0 Å². The molecular weight excluding hydrogens is 218 g/mol. The van der Waals surface area contributed by atoms with Gasteiger partial charge in [-0.1, -0.05) is 6.42 Å². The molecule has 2 heterocycles. The Kier molecular flexibility index (Phi) is 5.49. The number of nitrogens with one attached hydrogen (secondary N) is 1. The molecule has 92 valence electrons. The summed E-state index contributed by atoms with van der Waals surface area (Å²) in [4.78, 5) is 7.15. The van der Waals surface area contributed by atoms with Gasteiger partial charge in [-0.2, -0.15) is 11.8 Å². The second kappa shape index (κ2) is 7.17. The van der Waals surface area contributed by atoms with Gasteiger partial charge in [-0.15, -0.1) is 0 Å². The van der Waals surface area contributed by atoms with Crippen LogP contribution in [-0.4, -0.2) is 55.0 Å². The first-order valence-corrected chi connectivity index (χ1v) is 7.68. The lowest BCUT2D eigenvalue weighted by Gasteiger charge is -2.26. The fourth-order valence-corrected chi connectivity index (χ4v) is 3.18. The Morgan fingerprint density at radius 3 is 2.94 bits per heavy atom. The lowest BCUT2D eigenvalue weighted by Crippen LogP contribution is -2.39. The Bertz CT molecular complexity index is 224. The van der Waals surface area contributed by atoms with Gasteiger partial charge in [-0.05, 0) is 12.8 Å². The van der Waals surface area contributed by atoms with E-state index in [2.05, 4.69) is 27.0 Å². The van der Waals surface area contributed by atoms with E-state index in [-0.39, 0.29) is 0 Å². The predicted molar refractivity (Wildman–Crippen MR) is 72.5 cm³/mol. The maximum Gasteiger partial charge on any atom is 0.0963 e. The molecule has 2 aliphatic heterocycles. The molecule has 3 nitrogen and oxygen atoms in total. The van der Waals surface area contributed by atoms with Crippen molar-refractivity contribution in [3.8, 4) is 0 Å². The Balaban J connectivity index is 1.60. The SMILES string of the molecule is C1CCN=C(NCCN2CCSCC2)CC1. The van der Waals surface area contributed by atoms with Crippen molar-refractivity contribution in [1.82, 2.24) is 10.2 Å². The number of rotatable bonds is 3. The third-order valence-electron chi connectivity index (χ3n) is 3.24. The van der Waals surface area contributed by atoms with Crippen LogP contribution in [0.15, 0.2) is 4.99 Å². The van der Waals surface area contributed by atoms with Crippen molar-refractivity contribution in [3.05, 3.63) is 0 Å². The molecule has 16 heavy (non-hydrogen) atoms. The molecular formula is C12H23N3S. The minimum Gasteiger partial charge on any atom is -0.373 e. The van der Waals surface area contributed by atoms with Crippen LogP contribution in [0.4, 0.5) is 0 Å². The highest BCUT2D eigenvalue weighted by atomic mass is 32.2. The molecule has 0 aromatic carbocycles. The number of hydrogen-bond acceptors (Lipinski definition) is 4. The minimum atomic E-state index is 1.03. The van der Waals surface area contributed by atoms with Crippen LogP contribution in [0.25, 0.3) is 0 Å².